The lowest BCUT2D eigenvalue weighted by Crippen LogP contribution is -2.09. The number of benzene rings is 2. The zero-order chi connectivity index (χ0) is 17.5. The van der Waals surface area contributed by atoms with E-state index in [-0.39, 0.29) is 17.1 Å². The summed E-state index contributed by atoms with van der Waals surface area (Å²) in [5, 5.41) is 21.7. The van der Waals surface area contributed by atoms with Crippen LogP contribution in [-0.4, -0.2) is 22.8 Å². The predicted molar refractivity (Wildman–Crippen MR) is 95.7 cm³/mol. The van der Waals surface area contributed by atoms with E-state index >= 15 is 0 Å². The van der Waals surface area contributed by atoms with Gasteiger partial charge in [-0.1, -0.05) is 63.3 Å². The van der Waals surface area contributed by atoms with Gasteiger partial charge in [0.1, 0.15) is 17.1 Å². The fourth-order valence-electron chi connectivity index (χ4n) is 2.90. The number of unbranched alkanes of at least 4 members (excludes halogenated alkanes) is 5. The number of phenolic OH excluding ortho intramolecular Hbond substituents is 2. The second kappa shape index (κ2) is 8.57. The summed E-state index contributed by atoms with van der Waals surface area (Å²) < 4.78 is 5.29. The Morgan fingerprint density at radius 1 is 0.958 bits per heavy atom. The molecule has 24 heavy (non-hydrogen) atoms. The monoisotopic (exact) mass is 330 g/mol. The lowest BCUT2D eigenvalue weighted by molar-refractivity contribution is 0.0493. The van der Waals surface area contributed by atoms with Crippen LogP contribution in [-0.2, 0) is 4.74 Å². The normalized spacial score (nSPS) is 10.9. The van der Waals surface area contributed by atoms with Crippen molar-refractivity contribution >= 4 is 16.7 Å². The van der Waals surface area contributed by atoms with E-state index in [9.17, 15) is 15.0 Å². The number of hydrogen-bond acceptors (Lipinski definition) is 4. The summed E-state index contributed by atoms with van der Waals surface area (Å²) in [5.74, 6) is -0.705. The van der Waals surface area contributed by atoms with E-state index in [1.54, 1.807) is 31.2 Å². The van der Waals surface area contributed by atoms with Gasteiger partial charge in [0, 0.05) is 16.3 Å². The first-order chi connectivity index (χ1) is 11.6. The van der Waals surface area contributed by atoms with Gasteiger partial charge in [-0.3, -0.25) is 0 Å². The maximum Gasteiger partial charge on any atom is 0.342 e. The number of fused-ring (bicyclic) bond motifs is 1. The molecule has 0 aliphatic heterocycles. The van der Waals surface area contributed by atoms with Crippen LogP contribution in [0.1, 0.15) is 61.4 Å². The highest BCUT2D eigenvalue weighted by Gasteiger charge is 2.22. The summed E-state index contributed by atoms with van der Waals surface area (Å²) in [7, 11) is 0. The Bertz CT molecular complexity index is 706. The van der Waals surface area contributed by atoms with E-state index in [0.717, 1.165) is 19.3 Å². The number of carbonyl (C=O) groups excluding carboxylic acids is 1. The molecule has 0 aliphatic rings. The summed E-state index contributed by atoms with van der Waals surface area (Å²) in [5.41, 5.74) is 0.399. The van der Waals surface area contributed by atoms with Crippen molar-refractivity contribution in [1.82, 2.24) is 0 Å². The number of phenols is 2. The molecule has 2 N–H and O–H groups in total. The van der Waals surface area contributed by atoms with Crippen LogP contribution in [0.25, 0.3) is 10.8 Å². The lowest BCUT2D eigenvalue weighted by Gasteiger charge is -2.13. The number of ether oxygens (including phenoxy) is 1. The average Bonchev–Trinajstić information content (AvgIpc) is 2.59. The number of hydrogen-bond donors (Lipinski definition) is 2. The second-order valence-corrected chi connectivity index (χ2v) is 6.15. The molecule has 0 amide bonds. The first kappa shape index (κ1) is 18.1. The first-order valence-corrected chi connectivity index (χ1v) is 8.68. The summed E-state index contributed by atoms with van der Waals surface area (Å²) in [4.78, 5) is 12.3. The van der Waals surface area contributed by atoms with Gasteiger partial charge in [0.25, 0.3) is 0 Å². The molecule has 0 saturated heterocycles. The molecule has 0 aliphatic carbocycles. The third-order valence-electron chi connectivity index (χ3n) is 4.34. The highest BCUT2D eigenvalue weighted by Crippen LogP contribution is 2.39. The van der Waals surface area contributed by atoms with Gasteiger partial charge >= 0.3 is 5.97 Å². The molecule has 0 radical (unpaired) electrons. The molecule has 2 aromatic rings. The topological polar surface area (TPSA) is 66.8 Å². The quantitative estimate of drug-likeness (QED) is 0.402. The number of rotatable bonds is 8. The van der Waals surface area contributed by atoms with E-state index in [4.69, 9.17) is 4.74 Å². The highest BCUT2D eigenvalue weighted by atomic mass is 16.5. The van der Waals surface area contributed by atoms with Crippen molar-refractivity contribution < 1.29 is 19.7 Å². The zero-order valence-electron chi connectivity index (χ0n) is 14.5. The van der Waals surface area contributed by atoms with Crippen LogP contribution in [0.4, 0.5) is 0 Å². The molecule has 0 atom stereocenters. The summed E-state index contributed by atoms with van der Waals surface area (Å²) in [6.45, 7) is 4.12. The Morgan fingerprint density at radius 2 is 1.54 bits per heavy atom. The minimum atomic E-state index is -0.584. The molecule has 0 aromatic heterocycles. The first-order valence-electron chi connectivity index (χ1n) is 8.68. The Morgan fingerprint density at radius 3 is 2.21 bits per heavy atom. The van der Waals surface area contributed by atoms with Crippen LogP contribution in [0.15, 0.2) is 24.3 Å². The maximum absolute atomic E-state index is 12.3. The van der Waals surface area contributed by atoms with Crippen LogP contribution in [0, 0.1) is 6.92 Å². The van der Waals surface area contributed by atoms with Crippen molar-refractivity contribution in [2.45, 2.75) is 52.4 Å². The summed E-state index contributed by atoms with van der Waals surface area (Å²) in [6, 6.07) is 6.91. The molecule has 4 heteroatoms. The number of esters is 1. The highest BCUT2D eigenvalue weighted by molar-refractivity contribution is 6.05. The Labute approximate surface area is 143 Å². The van der Waals surface area contributed by atoms with Crippen molar-refractivity contribution in [3.63, 3.8) is 0 Å². The van der Waals surface area contributed by atoms with Crippen molar-refractivity contribution in [2.24, 2.45) is 0 Å². The van der Waals surface area contributed by atoms with Gasteiger partial charge in [0.2, 0.25) is 0 Å². The van der Waals surface area contributed by atoms with Crippen molar-refractivity contribution in [1.29, 1.82) is 0 Å². The standard InChI is InChI=1S/C20H26O4/c1-3-4-5-6-7-10-13-24-20(23)17-14(2)18(21)15-11-8-9-12-16(15)19(17)22/h8-9,11-12,21-22H,3-7,10,13H2,1-2H3. The van der Waals surface area contributed by atoms with Gasteiger partial charge in [0.05, 0.1) is 6.61 Å². The van der Waals surface area contributed by atoms with E-state index in [1.807, 2.05) is 0 Å². The molecule has 0 saturated carbocycles. The third-order valence-corrected chi connectivity index (χ3v) is 4.34. The van der Waals surface area contributed by atoms with Gasteiger partial charge in [-0.15, -0.1) is 0 Å². The largest absolute Gasteiger partial charge is 0.507 e. The van der Waals surface area contributed by atoms with Gasteiger partial charge in [-0.2, -0.15) is 0 Å². The smallest absolute Gasteiger partial charge is 0.342 e. The van der Waals surface area contributed by atoms with Crippen molar-refractivity contribution in [3.8, 4) is 11.5 Å². The Balaban J connectivity index is 2.04. The fraction of sp³-hybridized carbons (Fsp3) is 0.450. The third kappa shape index (κ3) is 3.99. The van der Waals surface area contributed by atoms with Gasteiger partial charge in [0.15, 0.2) is 0 Å². The Kier molecular flexibility index (Phi) is 6.47. The van der Waals surface area contributed by atoms with Crippen molar-refractivity contribution in [2.75, 3.05) is 6.61 Å². The SMILES string of the molecule is CCCCCCCCOC(=O)c1c(C)c(O)c2ccccc2c1O. The van der Waals surface area contributed by atoms with Crippen LogP contribution >= 0.6 is 0 Å². The van der Waals surface area contributed by atoms with E-state index < -0.39 is 5.97 Å². The molecule has 4 nitrogen and oxygen atoms in total. The molecule has 2 rings (SSSR count). The van der Waals surface area contributed by atoms with Crippen LogP contribution < -0.4 is 0 Å². The molecule has 130 valence electrons. The van der Waals surface area contributed by atoms with Crippen LogP contribution in [0.5, 0.6) is 11.5 Å². The maximum atomic E-state index is 12.3. The predicted octanol–water partition coefficient (Wildman–Crippen LogP) is 5.08. The molecule has 2 aromatic carbocycles. The lowest BCUT2D eigenvalue weighted by atomic mass is 9.99. The molecular formula is C20H26O4. The van der Waals surface area contributed by atoms with E-state index in [0.29, 0.717) is 22.9 Å². The van der Waals surface area contributed by atoms with E-state index in [1.165, 1.54) is 19.3 Å². The minimum absolute atomic E-state index is 0.00918. The fourth-order valence-corrected chi connectivity index (χ4v) is 2.90. The van der Waals surface area contributed by atoms with Crippen LogP contribution in [0.2, 0.25) is 0 Å². The second-order valence-electron chi connectivity index (χ2n) is 6.15. The molecular weight excluding hydrogens is 304 g/mol. The molecule has 0 fully saturated rings. The average molecular weight is 330 g/mol. The molecule has 0 heterocycles. The minimum Gasteiger partial charge on any atom is -0.507 e. The van der Waals surface area contributed by atoms with Gasteiger partial charge in [-0.05, 0) is 13.3 Å². The molecule has 0 bridgehead atoms. The van der Waals surface area contributed by atoms with Crippen molar-refractivity contribution in [3.05, 3.63) is 35.4 Å². The van der Waals surface area contributed by atoms with E-state index in [2.05, 4.69) is 6.92 Å². The van der Waals surface area contributed by atoms with Gasteiger partial charge < -0.3 is 14.9 Å². The summed E-state index contributed by atoms with van der Waals surface area (Å²) >= 11 is 0. The van der Waals surface area contributed by atoms with Gasteiger partial charge in [-0.25, -0.2) is 4.79 Å². The van der Waals surface area contributed by atoms with Crippen LogP contribution in [0.3, 0.4) is 0 Å². The zero-order valence-corrected chi connectivity index (χ0v) is 14.5. The molecule has 0 spiro atoms. The Hall–Kier alpha value is -2.23. The number of aromatic hydroxyl groups is 2. The summed E-state index contributed by atoms with van der Waals surface area (Å²) in [6.07, 6.45) is 6.65. The number of carbonyl (C=O) groups is 1. The molecule has 0 unspecified atom stereocenters.